The van der Waals surface area contributed by atoms with Crippen LogP contribution in [0.25, 0.3) is 0 Å². The average Bonchev–Trinajstić information content (AvgIpc) is 1.98. The Hall–Kier alpha value is -0.0400. The van der Waals surface area contributed by atoms with Gasteiger partial charge < -0.3 is 24.4 Å². The molecule has 0 amide bonds. The molecule has 0 heterocycles. The molecule has 0 aromatic carbocycles. The molecule has 0 bridgehead atoms. The van der Waals surface area contributed by atoms with E-state index in [1.165, 1.54) is 13.0 Å². The van der Waals surface area contributed by atoms with Crippen molar-refractivity contribution in [2.45, 2.75) is 6.92 Å². The first-order valence-corrected chi connectivity index (χ1v) is 6.73. The van der Waals surface area contributed by atoms with Gasteiger partial charge in [-0.1, -0.05) is 11.6 Å². The lowest BCUT2D eigenvalue weighted by atomic mass is 10.3. The zero-order valence-electron chi connectivity index (χ0n) is 7.78. The van der Waals surface area contributed by atoms with Gasteiger partial charge in [-0.05, 0) is 6.92 Å². The lowest BCUT2D eigenvalue weighted by Gasteiger charge is -2.35. The molecule has 8 nitrogen and oxygen atoms in total. The van der Waals surface area contributed by atoms with E-state index in [2.05, 4.69) is 4.31 Å². The highest BCUT2D eigenvalue weighted by Gasteiger charge is 2.08. The normalized spacial score (nSPS) is 17.5. The van der Waals surface area contributed by atoms with Crippen LogP contribution in [0.4, 0.5) is 0 Å². The number of hydrogen-bond acceptors (Lipinski definition) is 7. The number of aliphatic hydroxyl groups excluding tert-OH is 1. The Bertz CT molecular complexity index is 321. The molecular weight excluding hydrogens is 248 g/mol. The fourth-order valence-corrected chi connectivity index (χ4v) is 2.16. The predicted molar refractivity (Wildman–Crippen MR) is 45.1 cm³/mol. The van der Waals surface area contributed by atoms with E-state index >= 15 is 0 Å². The van der Waals surface area contributed by atoms with Gasteiger partial charge in [0.15, 0.2) is 0 Å². The van der Waals surface area contributed by atoms with Crippen molar-refractivity contribution in [1.82, 2.24) is 5.09 Å². The molecule has 0 saturated heterocycles. The van der Waals surface area contributed by atoms with E-state index < -0.39 is 15.6 Å². The highest BCUT2D eigenvalue weighted by atomic mass is 31.3. The minimum atomic E-state index is -5.57. The van der Waals surface area contributed by atoms with Gasteiger partial charge >= 0.3 is 0 Å². The summed E-state index contributed by atoms with van der Waals surface area (Å²) in [4.78, 5) is 30.7. The molecule has 0 aliphatic rings. The molecule has 10 heteroatoms. The van der Waals surface area contributed by atoms with Gasteiger partial charge in [0.25, 0.3) is 0 Å². The Balaban J connectivity index is 4.18. The Kier molecular flexibility index (Phi) is 5.87. The fraction of sp³-hybridized carbons (Fsp3) is 0.600. The van der Waals surface area contributed by atoms with Crippen LogP contribution in [0.15, 0.2) is 11.6 Å². The second-order valence-corrected chi connectivity index (χ2v) is 5.46. The molecule has 1 unspecified atom stereocenters. The molecule has 0 spiro atoms. The summed E-state index contributed by atoms with van der Waals surface area (Å²) in [5.74, 6) is 0. The van der Waals surface area contributed by atoms with Crippen molar-refractivity contribution in [3.05, 3.63) is 11.6 Å². The summed E-state index contributed by atoms with van der Waals surface area (Å²) < 4.78 is 24.0. The van der Waals surface area contributed by atoms with E-state index in [1.807, 2.05) is 0 Å². The lowest BCUT2D eigenvalue weighted by molar-refractivity contribution is -0.337. The quantitative estimate of drug-likeness (QED) is 0.404. The van der Waals surface area contributed by atoms with Crippen LogP contribution in [0.3, 0.4) is 0 Å². The van der Waals surface area contributed by atoms with E-state index in [1.54, 1.807) is 5.09 Å². The van der Waals surface area contributed by atoms with E-state index in [0.29, 0.717) is 5.57 Å². The van der Waals surface area contributed by atoms with Crippen molar-refractivity contribution >= 4 is 15.6 Å². The molecule has 0 aliphatic carbocycles. The van der Waals surface area contributed by atoms with Crippen LogP contribution < -0.4 is 19.8 Å². The maximum atomic E-state index is 10.7. The van der Waals surface area contributed by atoms with Crippen molar-refractivity contribution in [3.63, 3.8) is 0 Å². The molecule has 0 rings (SSSR count). The number of phosphoric acid groups is 1. The Morgan fingerprint density at radius 3 is 2.40 bits per heavy atom. The average molecular weight is 258 g/mol. The molecule has 0 fully saturated rings. The van der Waals surface area contributed by atoms with Crippen LogP contribution in [-0.4, -0.2) is 18.3 Å². The molecule has 0 saturated carbocycles. The van der Waals surface area contributed by atoms with Crippen LogP contribution in [0.2, 0.25) is 0 Å². The standard InChI is InChI=1S/C5H13NO7P2/c1-5(4-7)2-3-6-14(8,9)13-15(10,11)12/h2,7H,3-4H2,1H3,(H2,6,8,9)(H2,10,11,12)/p-3/b5-2+. The number of aliphatic hydroxyl groups is 1. The van der Waals surface area contributed by atoms with Crippen molar-refractivity contribution < 1.29 is 33.2 Å². The zero-order chi connectivity index (χ0) is 12.1. The van der Waals surface area contributed by atoms with Gasteiger partial charge in [-0.2, -0.15) is 0 Å². The van der Waals surface area contributed by atoms with E-state index in [4.69, 9.17) is 5.11 Å². The molecule has 0 aromatic rings. The Morgan fingerprint density at radius 2 is 2.00 bits per heavy atom. The number of hydrogen-bond donors (Lipinski definition) is 2. The van der Waals surface area contributed by atoms with Crippen molar-refractivity contribution in [1.29, 1.82) is 0 Å². The summed E-state index contributed by atoms with van der Waals surface area (Å²) in [5, 5.41) is 10.2. The molecule has 0 radical (unpaired) electrons. The SMILES string of the molecule is C/C(=C\CNP(=O)([O-])OP(=O)([O-])[O-])CO. The summed E-state index contributed by atoms with van der Waals surface area (Å²) in [6.07, 6.45) is 1.30. The van der Waals surface area contributed by atoms with Gasteiger partial charge in [-0.25, -0.2) is 0 Å². The van der Waals surface area contributed by atoms with Gasteiger partial charge in [0.2, 0.25) is 7.75 Å². The van der Waals surface area contributed by atoms with Crippen LogP contribution in [0.1, 0.15) is 6.92 Å². The molecule has 2 N–H and O–H groups in total. The highest BCUT2D eigenvalue weighted by Crippen LogP contribution is 2.45. The summed E-state index contributed by atoms with van der Waals surface area (Å²) in [5.41, 5.74) is 0.481. The lowest BCUT2D eigenvalue weighted by Crippen LogP contribution is -2.25. The third-order valence-corrected chi connectivity index (χ3v) is 3.42. The topological polar surface area (TPSA) is 145 Å². The van der Waals surface area contributed by atoms with Crippen LogP contribution in [0.5, 0.6) is 0 Å². The summed E-state index contributed by atoms with van der Waals surface area (Å²) >= 11 is 0. The molecule has 0 aromatic heterocycles. The summed E-state index contributed by atoms with van der Waals surface area (Å²) in [6.45, 7) is 1.00. The van der Waals surface area contributed by atoms with Gasteiger partial charge in [-0.15, -0.1) is 0 Å². The van der Waals surface area contributed by atoms with Crippen molar-refractivity contribution in [2.75, 3.05) is 13.2 Å². The first kappa shape index (κ1) is 15.0. The Labute approximate surface area is 86.4 Å². The van der Waals surface area contributed by atoms with E-state index in [0.717, 1.165) is 0 Å². The minimum absolute atomic E-state index is 0.257. The van der Waals surface area contributed by atoms with Gasteiger partial charge in [0.1, 0.15) is 0 Å². The minimum Gasteiger partial charge on any atom is -0.790 e. The summed E-state index contributed by atoms with van der Waals surface area (Å²) in [6, 6.07) is 0. The van der Waals surface area contributed by atoms with Crippen molar-refractivity contribution in [3.8, 4) is 0 Å². The first-order chi connectivity index (χ1) is 6.66. The van der Waals surface area contributed by atoms with Gasteiger partial charge in [0, 0.05) is 6.54 Å². The second kappa shape index (κ2) is 5.89. The number of rotatable bonds is 6. The van der Waals surface area contributed by atoms with Crippen LogP contribution in [0, 0.1) is 0 Å². The molecule has 1 atom stereocenters. The van der Waals surface area contributed by atoms with Gasteiger partial charge in [-0.3, -0.25) is 14.0 Å². The van der Waals surface area contributed by atoms with Crippen LogP contribution in [-0.2, 0) is 13.4 Å². The summed E-state index contributed by atoms with van der Waals surface area (Å²) in [7, 11) is -10.5. The third-order valence-electron chi connectivity index (χ3n) is 1.19. The first-order valence-electron chi connectivity index (χ1n) is 3.72. The molecule has 90 valence electrons. The van der Waals surface area contributed by atoms with Crippen molar-refractivity contribution in [2.24, 2.45) is 0 Å². The Morgan fingerprint density at radius 1 is 1.47 bits per heavy atom. The number of nitrogens with one attached hydrogen (secondary N) is 1. The smallest absolute Gasteiger partial charge is 0.208 e. The third kappa shape index (κ3) is 8.92. The van der Waals surface area contributed by atoms with Crippen LogP contribution >= 0.6 is 15.6 Å². The predicted octanol–water partition coefficient (Wildman–Crippen LogP) is -2.17. The molecular formula is C5H10NO7P2-3. The molecule has 15 heavy (non-hydrogen) atoms. The highest BCUT2D eigenvalue weighted by molar-refractivity contribution is 7.60. The molecule has 0 aliphatic heterocycles. The monoisotopic (exact) mass is 258 g/mol. The largest absolute Gasteiger partial charge is 0.790 e. The second-order valence-electron chi connectivity index (χ2n) is 2.60. The maximum absolute atomic E-state index is 10.7. The van der Waals surface area contributed by atoms with Gasteiger partial charge in [0.05, 0.1) is 14.4 Å². The maximum Gasteiger partial charge on any atom is 0.208 e. The fourth-order valence-electron chi connectivity index (χ4n) is 0.557. The van der Waals surface area contributed by atoms with E-state index in [-0.39, 0.29) is 13.2 Å². The van der Waals surface area contributed by atoms with E-state index in [9.17, 15) is 23.8 Å². The zero-order valence-corrected chi connectivity index (χ0v) is 9.57.